The monoisotopic (exact) mass is 269 g/mol. The fourth-order valence-corrected chi connectivity index (χ4v) is 2.13. The van der Waals surface area contributed by atoms with Crippen LogP contribution in [-0.4, -0.2) is 21.4 Å². The second kappa shape index (κ2) is 7.38. The quantitative estimate of drug-likeness (QED) is 0.495. The predicted octanol–water partition coefficient (Wildman–Crippen LogP) is 3.56. The molecule has 20 heavy (non-hydrogen) atoms. The number of oxime groups is 1. The van der Waals surface area contributed by atoms with Gasteiger partial charge in [-0.25, -0.2) is 0 Å². The van der Waals surface area contributed by atoms with E-state index in [0.717, 1.165) is 36.3 Å². The lowest BCUT2D eigenvalue weighted by Gasteiger charge is -2.10. The molecule has 2 aromatic rings. The topological polar surface area (TPSA) is 58.4 Å². The summed E-state index contributed by atoms with van der Waals surface area (Å²) in [5, 5.41) is 11.4. The van der Waals surface area contributed by atoms with Crippen LogP contribution in [0, 0.1) is 5.92 Å². The van der Waals surface area contributed by atoms with E-state index in [4.69, 9.17) is 5.21 Å². The van der Waals surface area contributed by atoms with Gasteiger partial charge < -0.3 is 5.21 Å². The molecular formula is C16H19N3O. The van der Waals surface area contributed by atoms with Crippen molar-refractivity contribution >= 4 is 6.21 Å². The van der Waals surface area contributed by atoms with Crippen LogP contribution >= 0.6 is 0 Å². The third-order valence-corrected chi connectivity index (χ3v) is 3.16. The van der Waals surface area contributed by atoms with Crippen molar-refractivity contribution in [2.24, 2.45) is 11.1 Å². The lowest BCUT2D eigenvalue weighted by molar-refractivity contribution is 0.320. The Kier molecular flexibility index (Phi) is 5.24. The summed E-state index contributed by atoms with van der Waals surface area (Å²) in [5.74, 6) is 0.500. The summed E-state index contributed by atoms with van der Waals surface area (Å²) in [5.41, 5.74) is 2.88. The van der Waals surface area contributed by atoms with Gasteiger partial charge in [-0.1, -0.05) is 19.1 Å². The molecule has 2 aromatic heterocycles. The maximum absolute atomic E-state index is 8.38. The molecule has 0 spiro atoms. The van der Waals surface area contributed by atoms with Gasteiger partial charge in [0, 0.05) is 18.1 Å². The second-order valence-electron chi connectivity index (χ2n) is 4.91. The molecule has 1 atom stereocenters. The third kappa shape index (κ3) is 4.16. The Balaban J connectivity index is 2.03. The molecule has 104 valence electrons. The molecule has 1 N–H and O–H groups in total. The van der Waals surface area contributed by atoms with Crippen LogP contribution in [0.4, 0.5) is 0 Å². The highest BCUT2D eigenvalue weighted by molar-refractivity contribution is 5.56. The second-order valence-corrected chi connectivity index (χ2v) is 4.91. The zero-order valence-corrected chi connectivity index (χ0v) is 11.6. The van der Waals surface area contributed by atoms with Gasteiger partial charge in [-0.05, 0) is 49.4 Å². The molecule has 0 amide bonds. The summed E-state index contributed by atoms with van der Waals surface area (Å²) in [6, 6.07) is 11.9. The van der Waals surface area contributed by atoms with E-state index in [0.29, 0.717) is 5.92 Å². The van der Waals surface area contributed by atoms with Crippen LogP contribution in [0.2, 0.25) is 0 Å². The van der Waals surface area contributed by atoms with E-state index >= 15 is 0 Å². The van der Waals surface area contributed by atoms with Crippen molar-refractivity contribution in [2.75, 3.05) is 0 Å². The van der Waals surface area contributed by atoms with Crippen LogP contribution in [-0.2, 0) is 6.42 Å². The highest BCUT2D eigenvalue weighted by atomic mass is 16.4. The Morgan fingerprint density at radius 1 is 1.20 bits per heavy atom. The largest absolute Gasteiger partial charge is 0.411 e. The van der Waals surface area contributed by atoms with Crippen molar-refractivity contribution in [3.63, 3.8) is 0 Å². The predicted molar refractivity (Wildman–Crippen MR) is 79.8 cm³/mol. The molecule has 0 aliphatic heterocycles. The molecule has 0 aliphatic rings. The number of hydrogen-bond donors (Lipinski definition) is 1. The fourth-order valence-electron chi connectivity index (χ4n) is 2.13. The number of pyridine rings is 2. The van der Waals surface area contributed by atoms with Gasteiger partial charge in [0.25, 0.3) is 0 Å². The van der Waals surface area contributed by atoms with E-state index < -0.39 is 0 Å². The van der Waals surface area contributed by atoms with Crippen molar-refractivity contribution in [1.29, 1.82) is 0 Å². The van der Waals surface area contributed by atoms with Crippen LogP contribution in [0.25, 0.3) is 11.4 Å². The standard InChI is InChI=1S/C16H19N3O/c1-13(6-5-11-18-20)12-14-7-4-9-16(19-14)15-8-2-3-10-17-15/h2-4,7-11,13,20H,5-6,12H2,1H3/t13-/m0/s1. The summed E-state index contributed by atoms with van der Waals surface area (Å²) in [6.45, 7) is 2.18. The molecule has 0 unspecified atom stereocenters. The van der Waals surface area contributed by atoms with Crippen LogP contribution in [0.5, 0.6) is 0 Å². The van der Waals surface area contributed by atoms with E-state index in [1.165, 1.54) is 6.21 Å². The lowest BCUT2D eigenvalue weighted by atomic mass is 9.99. The molecular weight excluding hydrogens is 250 g/mol. The number of nitrogens with zero attached hydrogens (tertiary/aromatic N) is 3. The van der Waals surface area contributed by atoms with Crippen molar-refractivity contribution in [1.82, 2.24) is 9.97 Å². The molecule has 0 aromatic carbocycles. The highest BCUT2D eigenvalue weighted by Gasteiger charge is 2.06. The third-order valence-electron chi connectivity index (χ3n) is 3.16. The summed E-state index contributed by atoms with van der Waals surface area (Å²) < 4.78 is 0. The normalized spacial score (nSPS) is 12.7. The average molecular weight is 269 g/mol. The van der Waals surface area contributed by atoms with E-state index in [2.05, 4.69) is 22.0 Å². The molecule has 0 saturated carbocycles. The minimum absolute atomic E-state index is 0.500. The van der Waals surface area contributed by atoms with Gasteiger partial charge in [0.05, 0.1) is 11.4 Å². The molecule has 0 bridgehead atoms. The Hall–Kier alpha value is -2.23. The Morgan fingerprint density at radius 2 is 2.05 bits per heavy atom. The van der Waals surface area contributed by atoms with Gasteiger partial charge in [0.2, 0.25) is 0 Å². The maximum atomic E-state index is 8.38. The van der Waals surface area contributed by atoms with Crippen LogP contribution in [0.15, 0.2) is 47.8 Å². The smallest absolute Gasteiger partial charge is 0.0889 e. The summed E-state index contributed by atoms with van der Waals surface area (Å²) in [4.78, 5) is 8.99. The lowest BCUT2D eigenvalue weighted by Crippen LogP contribution is -2.03. The minimum Gasteiger partial charge on any atom is -0.411 e. The van der Waals surface area contributed by atoms with Crippen LogP contribution < -0.4 is 0 Å². The fraction of sp³-hybridized carbons (Fsp3) is 0.312. The van der Waals surface area contributed by atoms with Crippen LogP contribution in [0.3, 0.4) is 0 Å². The van der Waals surface area contributed by atoms with Crippen LogP contribution in [0.1, 0.15) is 25.5 Å². The molecule has 2 rings (SSSR count). The first-order chi connectivity index (χ1) is 9.79. The highest BCUT2D eigenvalue weighted by Crippen LogP contribution is 2.17. The number of hydrogen-bond acceptors (Lipinski definition) is 4. The minimum atomic E-state index is 0.500. The maximum Gasteiger partial charge on any atom is 0.0889 e. The molecule has 0 aliphatic carbocycles. The first-order valence-electron chi connectivity index (χ1n) is 6.83. The van der Waals surface area contributed by atoms with Gasteiger partial charge >= 0.3 is 0 Å². The number of aromatic nitrogens is 2. The van der Waals surface area contributed by atoms with Gasteiger partial charge in [-0.2, -0.15) is 0 Å². The molecule has 0 radical (unpaired) electrons. The van der Waals surface area contributed by atoms with Gasteiger partial charge in [-0.3, -0.25) is 9.97 Å². The summed E-state index contributed by atoms with van der Waals surface area (Å²) in [6.07, 6.45) is 6.01. The van der Waals surface area contributed by atoms with E-state index in [9.17, 15) is 0 Å². The van der Waals surface area contributed by atoms with Gasteiger partial charge in [0.1, 0.15) is 0 Å². The average Bonchev–Trinajstić information content (AvgIpc) is 2.49. The van der Waals surface area contributed by atoms with Gasteiger partial charge in [-0.15, -0.1) is 5.16 Å². The molecule has 2 heterocycles. The van der Waals surface area contributed by atoms with E-state index in [1.54, 1.807) is 6.20 Å². The van der Waals surface area contributed by atoms with Crippen molar-refractivity contribution < 1.29 is 5.21 Å². The molecule has 4 heteroatoms. The van der Waals surface area contributed by atoms with Crippen molar-refractivity contribution in [3.05, 3.63) is 48.3 Å². The summed E-state index contributed by atoms with van der Waals surface area (Å²) >= 11 is 0. The van der Waals surface area contributed by atoms with Gasteiger partial charge in [0.15, 0.2) is 0 Å². The first kappa shape index (κ1) is 14.2. The first-order valence-corrected chi connectivity index (χ1v) is 6.83. The zero-order chi connectivity index (χ0) is 14.2. The molecule has 0 saturated heterocycles. The number of rotatable bonds is 6. The van der Waals surface area contributed by atoms with Crippen molar-refractivity contribution in [3.8, 4) is 11.4 Å². The Bertz CT molecular complexity index is 555. The van der Waals surface area contributed by atoms with E-state index in [1.807, 2.05) is 36.4 Å². The SMILES string of the molecule is C[C@@H](CCC=NO)Cc1cccc(-c2ccccn2)n1. The molecule has 0 fully saturated rings. The summed E-state index contributed by atoms with van der Waals surface area (Å²) in [7, 11) is 0. The Morgan fingerprint density at radius 3 is 2.80 bits per heavy atom. The Labute approximate surface area is 119 Å². The molecule has 4 nitrogen and oxygen atoms in total. The van der Waals surface area contributed by atoms with E-state index in [-0.39, 0.29) is 0 Å². The zero-order valence-electron chi connectivity index (χ0n) is 11.6. The van der Waals surface area contributed by atoms with Crippen molar-refractivity contribution in [2.45, 2.75) is 26.2 Å².